The summed E-state index contributed by atoms with van der Waals surface area (Å²) in [4.78, 5) is 68.3. The van der Waals surface area contributed by atoms with Crippen LogP contribution >= 0.6 is 15.9 Å². The van der Waals surface area contributed by atoms with Crippen molar-refractivity contribution in [1.29, 1.82) is 0 Å². The molecule has 5 aromatic carbocycles. The molecule has 0 N–H and O–H groups in total. The molecule has 10 heterocycles. The maximum atomic E-state index is 14.5. The fourth-order valence-corrected chi connectivity index (χ4v) is 14.5. The van der Waals surface area contributed by atoms with Crippen LogP contribution in [0.1, 0.15) is 186 Å². The number of pyridine rings is 3. The number of hydrogen-bond acceptors (Lipinski definition) is 17. The molecule has 0 unspecified atom stereocenters. The predicted octanol–water partition coefficient (Wildman–Crippen LogP) is 23.3. The Labute approximate surface area is 722 Å². The van der Waals surface area contributed by atoms with Crippen LogP contribution in [0.2, 0.25) is 0 Å². The van der Waals surface area contributed by atoms with E-state index in [0.717, 1.165) is 112 Å². The molecule has 4 atom stereocenters. The minimum absolute atomic E-state index is 0.00810. The number of hydrogen-bond donors (Lipinski definition) is 0. The summed E-state index contributed by atoms with van der Waals surface area (Å²) in [5, 5.41) is 12.7. The van der Waals surface area contributed by atoms with Gasteiger partial charge in [-0.3, -0.25) is 19.9 Å². The van der Waals surface area contributed by atoms with E-state index in [1.54, 1.807) is 49.1 Å². The van der Waals surface area contributed by atoms with Crippen LogP contribution in [-0.4, -0.2) is 105 Å². The summed E-state index contributed by atoms with van der Waals surface area (Å²) in [6.07, 6.45) is 18.7. The smallest absolute Gasteiger partial charge is 0.414 e. The van der Waals surface area contributed by atoms with Gasteiger partial charge in [0.2, 0.25) is 0 Å². The lowest BCUT2D eigenvalue weighted by atomic mass is 9.87. The van der Waals surface area contributed by atoms with Crippen molar-refractivity contribution in [3.63, 3.8) is 0 Å². The lowest BCUT2D eigenvalue weighted by molar-refractivity contribution is 0.0538. The first kappa shape index (κ1) is 93.5. The van der Waals surface area contributed by atoms with Gasteiger partial charge in [-0.15, -0.1) is 0 Å². The number of oxime groups is 3. The second kappa shape index (κ2) is 40.9. The molecule has 650 valence electrons. The van der Waals surface area contributed by atoms with Gasteiger partial charge in [0.1, 0.15) is 36.1 Å². The average molecular weight is 1740 g/mol. The van der Waals surface area contributed by atoms with Gasteiger partial charge in [0.25, 0.3) is 0 Å². The Kier molecular flexibility index (Phi) is 31.4. The molecule has 2 saturated heterocycles. The predicted molar refractivity (Wildman–Crippen MR) is 478 cm³/mol. The summed E-state index contributed by atoms with van der Waals surface area (Å²) in [5.41, 5.74) is 13.3. The van der Waals surface area contributed by atoms with Crippen molar-refractivity contribution in [1.82, 2.24) is 24.4 Å². The molecule has 0 aliphatic carbocycles. The number of amides is 1. The quantitative estimate of drug-likeness (QED) is 0.0873. The van der Waals surface area contributed by atoms with Crippen molar-refractivity contribution in [3.05, 3.63) is 254 Å². The van der Waals surface area contributed by atoms with Crippen molar-refractivity contribution in [2.75, 3.05) is 42.6 Å². The van der Waals surface area contributed by atoms with Gasteiger partial charge in [-0.25, -0.2) is 41.4 Å². The Morgan fingerprint density at radius 3 is 1.33 bits per heavy atom. The first-order valence-electron chi connectivity index (χ1n) is 41.5. The number of aromatic nitrogens is 5. The normalized spacial score (nSPS) is 17.2. The van der Waals surface area contributed by atoms with Crippen molar-refractivity contribution in [3.8, 4) is 44.6 Å². The van der Waals surface area contributed by atoms with Crippen LogP contribution in [0.5, 0.6) is 0 Å². The SMILES string of the molecule is CC(C)(C)C[C@H]1CC(c2ccc(-c3cccnc3)cc2)=NO1.CC(C)(C)C[C@H]1CC(c2ccc(-c3cccnc3)nc2)=NO1.CC(C)(C)C[C@H]1CC(c2ccc(Br)cc2)=NO1.CC(C)(C)C[C@H]1CN(c2ccc(F)c(F)c2)C(=O)O1.CC(C)(C)Cn1cc(-c2ccc(N3CCOCC3)c(F)c2)c(=O)o1.CC(C)(C)Cn1cc(-c2cccc(F)c2)c(=O)o1. The van der Waals surface area contributed by atoms with E-state index in [1.165, 1.54) is 44.2 Å². The molecule has 5 aliphatic heterocycles. The standard InChI is InChI=1S/C19H22N2O.C18H23FN2O3.C18H21N3O.C14H18BrNO.C14H17F2NO2.C14H16FNO2/c1-19(2,3)12-17-11-18(21-22-17)15-8-6-14(7-9-15)16-5-4-10-20-13-16;1-18(2,3)12-21-11-14(17(22)24-21)13-4-5-16(15(19)10-13)20-6-8-23-9-7-20;1-18(2,3)10-15-9-17(21-22-15)14-6-7-16(20-12-14)13-5-4-8-19-11-13;1-14(2,3)9-12-8-13(16-17-12)10-4-6-11(15)7-5-10;1-14(2,3)7-10-8-17(13(18)19-10)9-4-5-11(15)12(16)6-9;1-14(2,3)9-16-8-12(13(17)18-16)10-5-4-6-11(15)7-10/h4-10,13,17H,11-12H2,1-3H3;4-5,10-11H,6-9,12H2,1-3H3;4-8,11-12,15H,9-10H2,1-3H3;4-7,12H,8-9H2,1-3H3;4-6,10H,7-8H2,1-3H3;4-8H,9H2,1-3H3/t17-;;15-;12-;10-;/m1.110./s1. The molecular weight excluding hydrogens is 1620 g/mol. The van der Waals surface area contributed by atoms with Crippen LogP contribution in [0.25, 0.3) is 44.6 Å². The van der Waals surface area contributed by atoms with Gasteiger partial charge in [-0.1, -0.05) is 217 Å². The zero-order valence-electron chi connectivity index (χ0n) is 73.6. The average Bonchev–Trinajstić information content (AvgIpc) is 1.66. The van der Waals surface area contributed by atoms with Crippen LogP contribution in [-0.2, 0) is 37.1 Å². The van der Waals surface area contributed by atoms with Crippen molar-refractivity contribution < 1.29 is 55.4 Å². The highest BCUT2D eigenvalue weighted by molar-refractivity contribution is 9.10. The number of ether oxygens (including phenoxy) is 2. The number of rotatable bonds is 15. The lowest BCUT2D eigenvalue weighted by Crippen LogP contribution is -2.36. The monoisotopic (exact) mass is 1740 g/mol. The number of nitrogens with zero attached hydrogens (tertiary/aromatic N) is 10. The molecule has 0 bridgehead atoms. The van der Waals surface area contributed by atoms with Crippen molar-refractivity contribution in [2.24, 2.45) is 48.0 Å². The van der Waals surface area contributed by atoms with E-state index >= 15 is 0 Å². The summed E-state index contributed by atoms with van der Waals surface area (Å²) >= 11 is 3.43. The van der Waals surface area contributed by atoms with Crippen LogP contribution < -0.4 is 21.1 Å². The molecular formula is C97H117BrF4N10O10. The Hall–Kier alpha value is -10.8. The number of carbonyl (C=O) groups excluding carboxylic acids is 1. The van der Waals surface area contributed by atoms with E-state index in [9.17, 15) is 31.9 Å². The van der Waals surface area contributed by atoms with Crippen LogP contribution in [0.15, 0.2) is 228 Å². The molecule has 0 spiro atoms. The third-order valence-corrected chi connectivity index (χ3v) is 20.0. The summed E-state index contributed by atoms with van der Waals surface area (Å²) in [6.45, 7) is 42.6. The molecule has 2 fully saturated rings. The third kappa shape index (κ3) is 29.5. The van der Waals surface area contributed by atoms with Gasteiger partial charge in [0.15, 0.2) is 11.6 Å². The van der Waals surface area contributed by atoms with Gasteiger partial charge in [-0.05, 0) is 170 Å². The Morgan fingerprint density at radius 2 is 0.877 bits per heavy atom. The molecule has 122 heavy (non-hydrogen) atoms. The first-order valence-corrected chi connectivity index (χ1v) is 42.3. The topological polar surface area (TPSA) is 216 Å². The first-order chi connectivity index (χ1) is 57.4. The largest absolute Gasteiger partial charge is 0.444 e. The molecule has 15 rings (SSSR count). The highest BCUT2D eigenvalue weighted by Crippen LogP contribution is 2.36. The zero-order chi connectivity index (χ0) is 88.5. The molecule has 0 radical (unpaired) electrons. The molecule has 20 nitrogen and oxygen atoms in total. The van der Waals surface area contributed by atoms with Gasteiger partial charge in [-0.2, -0.15) is 0 Å². The van der Waals surface area contributed by atoms with Crippen LogP contribution in [0.3, 0.4) is 0 Å². The number of cyclic esters (lactones) is 1. The molecule has 5 aromatic heterocycles. The maximum absolute atomic E-state index is 14.5. The Balaban J connectivity index is 0.000000154. The van der Waals surface area contributed by atoms with E-state index in [4.69, 9.17) is 33.0 Å². The Bertz CT molecular complexity index is 5180. The minimum atomic E-state index is -0.968. The fraction of sp³-hybridized carbons (Fsp3) is 0.433. The number of anilines is 2. The minimum Gasteiger partial charge on any atom is -0.444 e. The molecule has 1 amide bonds. The van der Waals surface area contributed by atoms with E-state index in [-0.39, 0.29) is 68.5 Å². The van der Waals surface area contributed by atoms with E-state index < -0.39 is 29.0 Å². The van der Waals surface area contributed by atoms with E-state index in [2.05, 4.69) is 220 Å². The zero-order valence-corrected chi connectivity index (χ0v) is 75.1. The second-order valence-corrected chi connectivity index (χ2v) is 39.5. The number of benzene rings is 5. The third-order valence-electron chi connectivity index (χ3n) is 19.5. The van der Waals surface area contributed by atoms with Crippen LogP contribution in [0.4, 0.5) is 33.7 Å². The van der Waals surface area contributed by atoms with E-state index in [0.29, 0.717) is 79.6 Å². The summed E-state index contributed by atoms with van der Waals surface area (Å²) < 4.78 is 78.7. The molecule has 10 aromatic rings. The maximum Gasteiger partial charge on any atom is 0.414 e. The highest BCUT2D eigenvalue weighted by Gasteiger charge is 2.36. The molecule has 25 heteroatoms. The van der Waals surface area contributed by atoms with E-state index in [1.807, 2.05) is 59.9 Å². The number of halogens is 5. The highest BCUT2D eigenvalue weighted by atomic mass is 79.9. The van der Waals surface area contributed by atoms with Gasteiger partial charge in [0, 0.05) is 85.0 Å². The lowest BCUT2D eigenvalue weighted by Gasteiger charge is -2.29. The second-order valence-electron chi connectivity index (χ2n) is 38.6. The summed E-state index contributed by atoms with van der Waals surface area (Å²) in [5.74, 6) is -2.60. The number of morpholine rings is 1. The fourth-order valence-electron chi connectivity index (χ4n) is 14.3. The number of carbonyl (C=O) groups is 1. The Morgan fingerprint density at radius 1 is 0.426 bits per heavy atom. The van der Waals surface area contributed by atoms with Gasteiger partial charge in [0.05, 0.1) is 90.6 Å². The summed E-state index contributed by atoms with van der Waals surface area (Å²) in [7, 11) is 0. The van der Waals surface area contributed by atoms with Gasteiger partial charge < -0.3 is 37.9 Å². The van der Waals surface area contributed by atoms with Gasteiger partial charge >= 0.3 is 17.3 Å². The molecule has 0 saturated carbocycles. The van der Waals surface area contributed by atoms with Crippen LogP contribution in [0, 0.1) is 55.8 Å². The summed E-state index contributed by atoms with van der Waals surface area (Å²) in [6, 6.07) is 42.9. The van der Waals surface area contributed by atoms with Crippen molar-refractivity contribution in [2.45, 2.75) is 207 Å². The van der Waals surface area contributed by atoms with Crippen molar-refractivity contribution >= 4 is 50.5 Å². The molecule has 5 aliphatic rings.